The Hall–Kier alpha value is -5.15. The highest BCUT2D eigenvalue weighted by molar-refractivity contribution is 5.95. The number of carboxylic acid groups (broad SMARTS) is 1. The van der Waals surface area contributed by atoms with Crippen molar-refractivity contribution in [2.24, 2.45) is 5.92 Å². The summed E-state index contributed by atoms with van der Waals surface area (Å²) in [6, 6.07) is 8.03. The van der Waals surface area contributed by atoms with E-state index in [1.807, 2.05) is 11.9 Å². The van der Waals surface area contributed by atoms with Crippen molar-refractivity contribution in [1.29, 1.82) is 0 Å². The summed E-state index contributed by atoms with van der Waals surface area (Å²) in [4.78, 5) is 67.7. The normalized spacial score (nSPS) is 25.1. The maximum absolute atomic E-state index is 13.7. The number of aliphatic hydroxyl groups excluding tert-OH is 3. The average Bonchev–Trinajstić information content (AvgIpc) is 3.53. The molecule has 266 valence electrons. The van der Waals surface area contributed by atoms with Crippen LogP contribution in [0.5, 0.6) is 0 Å². The summed E-state index contributed by atoms with van der Waals surface area (Å²) in [5, 5.41) is 40.0. The molecular weight excluding hydrogens is 654 g/mol. The smallest absolute Gasteiger partial charge is 0.335 e. The highest BCUT2D eigenvalue weighted by Gasteiger charge is 2.48. The molecule has 2 aliphatic rings. The number of aliphatic hydroxyl groups is 3. The van der Waals surface area contributed by atoms with Crippen LogP contribution in [0.2, 0.25) is 0 Å². The highest BCUT2D eigenvalue weighted by Crippen LogP contribution is 2.30. The lowest BCUT2D eigenvalue weighted by atomic mass is 9.92. The molecule has 2 amide bonds. The van der Waals surface area contributed by atoms with Gasteiger partial charge in [-0.3, -0.25) is 14.2 Å². The van der Waals surface area contributed by atoms with Crippen LogP contribution < -0.4 is 4.90 Å². The molecule has 17 nitrogen and oxygen atoms in total. The molecule has 0 unspecified atom stereocenters. The number of rotatable bonds is 9. The predicted octanol–water partition coefficient (Wildman–Crippen LogP) is 0.102. The van der Waals surface area contributed by atoms with E-state index < -0.39 is 48.7 Å². The zero-order valence-electron chi connectivity index (χ0n) is 27.7. The van der Waals surface area contributed by atoms with E-state index in [-0.39, 0.29) is 37.4 Å². The van der Waals surface area contributed by atoms with Gasteiger partial charge in [0.05, 0.1) is 17.8 Å². The molecule has 0 spiro atoms. The second-order valence-electron chi connectivity index (χ2n) is 12.5. The maximum Gasteiger partial charge on any atom is 0.335 e. The average molecular weight is 694 g/mol. The van der Waals surface area contributed by atoms with E-state index in [1.165, 1.54) is 15.8 Å². The molecule has 4 N–H and O–H groups in total. The van der Waals surface area contributed by atoms with Gasteiger partial charge in [-0.25, -0.2) is 26.1 Å². The van der Waals surface area contributed by atoms with Crippen LogP contribution in [0.15, 0.2) is 42.9 Å². The van der Waals surface area contributed by atoms with Crippen LogP contribution in [-0.4, -0.2) is 139 Å². The summed E-state index contributed by atoms with van der Waals surface area (Å²) in [5.41, 5.74) is 1.45. The first-order valence-electron chi connectivity index (χ1n) is 15.9. The topological polar surface area (TPSA) is 212 Å². The Labute approximate surface area is 287 Å². The number of likely N-dealkylation sites (N-methyl/N-ethyl adjacent to an activating group) is 1. The van der Waals surface area contributed by atoms with Gasteiger partial charge in [0.1, 0.15) is 30.5 Å². The number of esters is 1. The molecule has 7 atom stereocenters. The molecule has 2 saturated heterocycles. The van der Waals surface area contributed by atoms with Crippen LogP contribution in [0.1, 0.15) is 24.5 Å². The SMILES string of the molecule is [C-]#[N+]CC(=O)N1CC[C@@H](C)[C@@H](N(C)c2ncnc3c2ccn3C(=O)N(C)Cc2ccccc2CC(=O)O[C@@H]2O[C@H](C(=O)O)[C@@H](O)[C@H](O)[C@H]2O)C1. The molecule has 2 aliphatic heterocycles. The van der Waals surface area contributed by atoms with E-state index in [2.05, 4.69) is 21.7 Å². The van der Waals surface area contributed by atoms with Crippen LogP contribution in [0.3, 0.4) is 0 Å². The Morgan fingerprint density at radius 3 is 2.48 bits per heavy atom. The number of amides is 2. The summed E-state index contributed by atoms with van der Waals surface area (Å²) in [5.74, 6) is -1.89. The molecule has 3 aromatic rings. The number of likely N-dealkylation sites (tertiary alicyclic amines) is 1. The molecule has 2 aromatic heterocycles. The third-order valence-corrected chi connectivity index (χ3v) is 9.23. The van der Waals surface area contributed by atoms with Gasteiger partial charge in [0, 0.05) is 39.9 Å². The molecule has 0 radical (unpaired) electrons. The van der Waals surface area contributed by atoms with Crippen molar-refractivity contribution < 1.29 is 49.1 Å². The van der Waals surface area contributed by atoms with Gasteiger partial charge in [-0.05, 0) is 29.5 Å². The number of aliphatic carboxylic acids is 1. The number of hydrogen-bond acceptors (Lipinski definition) is 12. The number of anilines is 1. The number of carbonyl (C=O) groups excluding carboxylic acids is 3. The lowest BCUT2D eigenvalue weighted by Gasteiger charge is -2.41. The summed E-state index contributed by atoms with van der Waals surface area (Å²) < 4.78 is 11.6. The monoisotopic (exact) mass is 693 g/mol. The van der Waals surface area contributed by atoms with Crippen LogP contribution in [-0.2, 0) is 36.8 Å². The number of ether oxygens (including phenoxy) is 2. The molecule has 0 saturated carbocycles. The fraction of sp³-hybridized carbons (Fsp3) is 0.485. The largest absolute Gasteiger partial charge is 0.479 e. The Kier molecular flexibility index (Phi) is 11.0. The molecule has 50 heavy (non-hydrogen) atoms. The lowest BCUT2D eigenvalue weighted by Crippen LogP contribution is -2.60. The van der Waals surface area contributed by atoms with E-state index >= 15 is 0 Å². The van der Waals surface area contributed by atoms with Gasteiger partial charge in [0.2, 0.25) is 6.29 Å². The fourth-order valence-corrected chi connectivity index (χ4v) is 6.35. The van der Waals surface area contributed by atoms with Crippen molar-refractivity contribution in [3.05, 3.63) is 65.4 Å². The second kappa shape index (κ2) is 15.2. The first kappa shape index (κ1) is 36.1. The third kappa shape index (κ3) is 7.38. The standard InChI is InChI=1S/C33H39N7O10/c1-18-9-11-39(23(41)14-34-2)16-22(18)38(4)29-21-10-12-40(30(21)36-17-35-29)33(48)37(3)15-20-8-6-5-7-19(20)13-24(42)49-32-27(45)25(43)26(44)28(50-32)31(46)47/h5-8,10,12,17-18,22,25-28,32,43-45H,9,11,13-16H2,1,3-4H3,(H,46,47)/t18-,22+,25+,26+,27-,28+,32-/m1/s1. The number of carbonyl (C=O) groups is 4. The van der Waals surface area contributed by atoms with Crippen LogP contribution in [0, 0.1) is 12.5 Å². The highest BCUT2D eigenvalue weighted by atomic mass is 16.7. The Bertz CT molecular complexity index is 1790. The molecule has 5 rings (SSSR count). The van der Waals surface area contributed by atoms with E-state index in [9.17, 15) is 39.6 Å². The van der Waals surface area contributed by atoms with Crippen molar-refractivity contribution in [2.75, 3.05) is 38.6 Å². The minimum Gasteiger partial charge on any atom is -0.479 e. The van der Waals surface area contributed by atoms with Crippen molar-refractivity contribution in [3.63, 3.8) is 0 Å². The van der Waals surface area contributed by atoms with E-state index in [0.29, 0.717) is 41.1 Å². The Morgan fingerprint density at radius 2 is 1.78 bits per heavy atom. The van der Waals surface area contributed by atoms with E-state index in [0.717, 1.165) is 6.42 Å². The number of nitrogens with zero attached hydrogens (tertiary/aromatic N) is 7. The maximum atomic E-state index is 13.7. The zero-order chi connectivity index (χ0) is 36.3. The van der Waals surface area contributed by atoms with Gasteiger partial charge < -0.3 is 49.4 Å². The molecule has 0 aliphatic carbocycles. The second-order valence-corrected chi connectivity index (χ2v) is 12.5. The Morgan fingerprint density at radius 1 is 1.06 bits per heavy atom. The third-order valence-electron chi connectivity index (χ3n) is 9.23. The minimum atomic E-state index is -1.93. The number of carboxylic acids is 1. The van der Waals surface area contributed by atoms with Crippen molar-refractivity contribution in [1.82, 2.24) is 24.3 Å². The summed E-state index contributed by atoms with van der Waals surface area (Å²) >= 11 is 0. The first-order valence-corrected chi connectivity index (χ1v) is 15.9. The predicted molar refractivity (Wildman–Crippen MR) is 174 cm³/mol. The fourth-order valence-electron chi connectivity index (χ4n) is 6.35. The van der Waals surface area contributed by atoms with E-state index in [4.69, 9.17) is 16.0 Å². The van der Waals surface area contributed by atoms with Gasteiger partial charge in [0.15, 0.2) is 11.8 Å². The molecule has 0 bridgehead atoms. The lowest BCUT2D eigenvalue weighted by molar-refractivity contribution is -0.286. The number of hydrogen-bond donors (Lipinski definition) is 4. The van der Waals surface area contributed by atoms with Gasteiger partial charge >= 0.3 is 23.9 Å². The molecule has 2 fully saturated rings. The molecule has 4 heterocycles. The molecule has 17 heteroatoms. The van der Waals surface area contributed by atoms with Crippen molar-refractivity contribution in [2.45, 2.75) is 63.1 Å². The zero-order valence-corrected chi connectivity index (χ0v) is 27.7. The number of piperidine rings is 1. The summed E-state index contributed by atoms with van der Waals surface area (Å²) in [6.45, 7) is 10.1. The number of benzene rings is 1. The van der Waals surface area contributed by atoms with E-state index in [1.54, 1.807) is 48.5 Å². The summed E-state index contributed by atoms with van der Waals surface area (Å²) in [7, 11) is 3.47. The van der Waals surface area contributed by atoms with Crippen LogP contribution >= 0.6 is 0 Å². The van der Waals surface area contributed by atoms with Gasteiger partial charge in [-0.1, -0.05) is 31.2 Å². The number of aromatic nitrogens is 3. The van der Waals surface area contributed by atoms with Crippen molar-refractivity contribution in [3.8, 4) is 0 Å². The van der Waals surface area contributed by atoms with Gasteiger partial charge in [-0.15, -0.1) is 0 Å². The molecular formula is C33H39N7O10. The summed E-state index contributed by atoms with van der Waals surface area (Å²) in [6.07, 6.45) is -6.08. The van der Waals surface area contributed by atoms with Crippen LogP contribution in [0.4, 0.5) is 10.6 Å². The van der Waals surface area contributed by atoms with Crippen LogP contribution in [0.25, 0.3) is 15.9 Å². The molecule has 1 aromatic carbocycles. The number of fused-ring (bicyclic) bond motifs is 1. The van der Waals surface area contributed by atoms with Gasteiger partial charge in [0.25, 0.3) is 6.54 Å². The minimum absolute atomic E-state index is 0.0718. The quantitative estimate of drug-likeness (QED) is 0.173. The van der Waals surface area contributed by atoms with Gasteiger partial charge in [-0.2, -0.15) is 0 Å². The van der Waals surface area contributed by atoms with Crippen molar-refractivity contribution >= 4 is 40.7 Å². The first-order chi connectivity index (χ1) is 23.8. The Balaban J connectivity index is 1.28.